The number of carbonyl (C=O) groups excluding carboxylic acids is 2. The predicted octanol–water partition coefficient (Wildman–Crippen LogP) is 3.45. The molecule has 3 aromatic carbocycles. The van der Waals surface area contributed by atoms with Gasteiger partial charge in [-0.25, -0.2) is 13.1 Å². The Labute approximate surface area is 193 Å². The van der Waals surface area contributed by atoms with Crippen LogP contribution in [0.1, 0.15) is 34.8 Å². The summed E-state index contributed by atoms with van der Waals surface area (Å²) in [4.78, 5) is 23.4. The first-order valence-electron chi connectivity index (χ1n) is 10.5. The van der Waals surface area contributed by atoms with Crippen LogP contribution in [-0.4, -0.2) is 26.7 Å². The van der Waals surface area contributed by atoms with Gasteiger partial charge in [-0.1, -0.05) is 54.6 Å². The number of hydrogen-bond donors (Lipinski definition) is 2. The second-order valence-corrected chi connectivity index (χ2v) is 9.19. The fourth-order valence-electron chi connectivity index (χ4n) is 2.98. The Morgan fingerprint density at radius 3 is 2.12 bits per heavy atom. The monoisotopic (exact) mass is 466 g/mol. The van der Waals surface area contributed by atoms with Crippen molar-refractivity contribution in [3.8, 4) is 5.75 Å². The first-order valence-corrected chi connectivity index (χ1v) is 11.9. The Balaban J connectivity index is 1.39. The summed E-state index contributed by atoms with van der Waals surface area (Å²) in [5.41, 5.74) is 2.38. The molecule has 2 N–H and O–H groups in total. The molecule has 0 spiro atoms. The van der Waals surface area contributed by atoms with E-state index in [4.69, 9.17) is 4.74 Å². The van der Waals surface area contributed by atoms with Crippen LogP contribution in [0.2, 0.25) is 0 Å². The number of para-hydroxylation sites is 1. The predicted molar refractivity (Wildman–Crippen MR) is 125 cm³/mol. The number of amides is 1. The van der Waals surface area contributed by atoms with Gasteiger partial charge in [0.05, 0.1) is 4.90 Å². The third-order valence-electron chi connectivity index (χ3n) is 4.88. The van der Waals surface area contributed by atoms with Gasteiger partial charge in [0.2, 0.25) is 15.9 Å². The average Bonchev–Trinajstić information content (AvgIpc) is 2.82. The fourth-order valence-corrected chi connectivity index (χ4v) is 4.01. The molecule has 0 bridgehead atoms. The number of ketones is 1. The molecule has 0 atom stereocenters. The molecule has 0 saturated carbocycles. The minimum Gasteiger partial charge on any atom is -0.489 e. The first kappa shape index (κ1) is 24.2. The summed E-state index contributed by atoms with van der Waals surface area (Å²) in [6, 6.07) is 22.9. The molecule has 0 unspecified atom stereocenters. The minimum atomic E-state index is -3.75. The van der Waals surface area contributed by atoms with Gasteiger partial charge in [0.15, 0.2) is 5.78 Å². The van der Waals surface area contributed by atoms with Gasteiger partial charge in [-0.05, 0) is 42.3 Å². The third kappa shape index (κ3) is 7.55. The number of rotatable bonds is 11. The quantitative estimate of drug-likeness (QED) is 0.422. The lowest BCUT2D eigenvalue weighted by atomic mass is 10.1. The second kappa shape index (κ2) is 11.4. The molecular formula is C25H26N2O5S. The van der Waals surface area contributed by atoms with Crippen molar-refractivity contribution in [1.29, 1.82) is 0 Å². The number of benzene rings is 3. The van der Waals surface area contributed by atoms with E-state index in [1.165, 1.54) is 31.2 Å². The van der Waals surface area contributed by atoms with Crippen LogP contribution in [0.4, 0.5) is 0 Å². The molecule has 0 aliphatic heterocycles. The molecule has 0 radical (unpaired) electrons. The van der Waals surface area contributed by atoms with Crippen LogP contribution >= 0.6 is 0 Å². The lowest BCUT2D eigenvalue weighted by molar-refractivity contribution is -0.121. The number of ether oxygens (including phenoxy) is 1. The highest BCUT2D eigenvalue weighted by molar-refractivity contribution is 7.89. The van der Waals surface area contributed by atoms with Crippen molar-refractivity contribution >= 4 is 21.7 Å². The van der Waals surface area contributed by atoms with Gasteiger partial charge in [0.1, 0.15) is 12.4 Å². The van der Waals surface area contributed by atoms with Crippen LogP contribution in [0.5, 0.6) is 5.75 Å². The molecule has 0 aliphatic carbocycles. The highest BCUT2D eigenvalue weighted by Gasteiger charge is 2.14. The zero-order valence-corrected chi connectivity index (χ0v) is 19.1. The van der Waals surface area contributed by atoms with Gasteiger partial charge in [-0.3, -0.25) is 9.59 Å². The number of hydrogen-bond acceptors (Lipinski definition) is 5. The summed E-state index contributed by atoms with van der Waals surface area (Å²) in [6.45, 7) is 2.18. The summed E-state index contributed by atoms with van der Waals surface area (Å²) in [6.07, 6.45) is 0.00770. The van der Waals surface area contributed by atoms with E-state index in [1.54, 1.807) is 0 Å². The summed E-state index contributed by atoms with van der Waals surface area (Å²) in [7, 11) is -3.75. The molecule has 0 aromatic heterocycles. The lowest BCUT2D eigenvalue weighted by Gasteiger charge is -2.09. The van der Waals surface area contributed by atoms with Gasteiger partial charge < -0.3 is 10.1 Å². The summed E-state index contributed by atoms with van der Waals surface area (Å²) in [5.74, 6) is 0.400. The van der Waals surface area contributed by atoms with E-state index < -0.39 is 10.0 Å². The van der Waals surface area contributed by atoms with Crippen molar-refractivity contribution < 1.29 is 22.7 Å². The molecule has 0 heterocycles. The Kier molecular flexibility index (Phi) is 8.34. The first-order chi connectivity index (χ1) is 15.8. The fraction of sp³-hybridized carbons (Fsp3) is 0.200. The zero-order chi connectivity index (χ0) is 23.7. The van der Waals surface area contributed by atoms with Gasteiger partial charge in [-0.2, -0.15) is 0 Å². The molecule has 0 fully saturated rings. The van der Waals surface area contributed by atoms with Crippen molar-refractivity contribution in [2.75, 3.05) is 6.54 Å². The number of Topliss-reactive ketones (excluding diaryl/α,β-unsaturated/α-hetero) is 1. The average molecular weight is 467 g/mol. The number of sulfonamides is 1. The molecule has 3 aromatic rings. The van der Waals surface area contributed by atoms with Crippen LogP contribution < -0.4 is 14.8 Å². The maximum absolute atomic E-state index is 12.3. The van der Waals surface area contributed by atoms with Crippen LogP contribution in [0, 0.1) is 0 Å². The van der Waals surface area contributed by atoms with Crippen LogP contribution in [0.25, 0.3) is 0 Å². The smallest absolute Gasteiger partial charge is 0.240 e. The maximum Gasteiger partial charge on any atom is 0.240 e. The molecule has 8 heteroatoms. The zero-order valence-electron chi connectivity index (χ0n) is 18.3. The van der Waals surface area contributed by atoms with Crippen LogP contribution in [0.3, 0.4) is 0 Å². The van der Waals surface area contributed by atoms with Crippen molar-refractivity contribution in [2.45, 2.75) is 31.4 Å². The van der Waals surface area contributed by atoms with Crippen LogP contribution in [0.15, 0.2) is 83.8 Å². The summed E-state index contributed by atoms with van der Waals surface area (Å²) in [5, 5.41) is 2.78. The maximum atomic E-state index is 12.3. The molecule has 0 aliphatic rings. The largest absolute Gasteiger partial charge is 0.489 e. The topological polar surface area (TPSA) is 102 Å². The van der Waals surface area contributed by atoms with Crippen molar-refractivity contribution in [2.24, 2.45) is 0 Å². The Morgan fingerprint density at radius 1 is 0.848 bits per heavy atom. The molecule has 3 rings (SSSR count). The van der Waals surface area contributed by atoms with E-state index in [9.17, 15) is 18.0 Å². The van der Waals surface area contributed by atoms with Crippen LogP contribution in [-0.2, 0) is 28.0 Å². The molecule has 33 heavy (non-hydrogen) atoms. The SMILES string of the molecule is CC(=O)c1ccc(S(=O)(=O)NCCC(=O)NCc2ccc(COc3ccccc3)cc2)cc1. The minimum absolute atomic E-state index is 0.00770. The van der Waals surface area contributed by atoms with Crippen molar-refractivity contribution in [3.63, 3.8) is 0 Å². The molecule has 1 amide bonds. The van der Waals surface area contributed by atoms with E-state index in [0.717, 1.165) is 16.9 Å². The third-order valence-corrected chi connectivity index (χ3v) is 6.35. The lowest BCUT2D eigenvalue weighted by Crippen LogP contribution is -2.30. The van der Waals surface area contributed by atoms with Gasteiger partial charge in [0.25, 0.3) is 0 Å². The van der Waals surface area contributed by atoms with E-state index in [0.29, 0.717) is 18.7 Å². The van der Waals surface area contributed by atoms with Gasteiger partial charge in [-0.15, -0.1) is 0 Å². The Morgan fingerprint density at radius 2 is 1.48 bits per heavy atom. The van der Waals surface area contributed by atoms with E-state index in [1.807, 2.05) is 54.6 Å². The molecule has 172 valence electrons. The van der Waals surface area contributed by atoms with E-state index in [2.05, 4.69) is 10.0 Å². The Bertz CT molecular complexity index is 1180. The Hall–Kier alpha value is -3.49. The molecule has 7 nitrogen and oxygen atoms in total. The molecular weight excluding hydrogens is 440 g/mol. The van der Waals surface area contributed by atoms with Crippen molar-refractivity contribution in [1.82, 2.24) is 10.0 Å². The van der Waals surface area contributed by atoms with Crippen molar-refractivity contribution in [3.05, 3.63) is 95.6 Å². The molecule has 0 saturated heterocycles. The number of carbonyl (C=O) groups is 2. The summed E-state index contributed by atoms with van der Waals surface area (Å²) >= 11 is 0. The van der Waals surface area contributed by atoms with Gasteiger partial charge >= 0.3 is 0 Å². The highest BCUT2D eigenvalue weighted by Crippen LogP contribution is 2.13. The highest BCUT2D eigenvalue weighted by atomic mass is 32.2. The van der Waals surface area contributed by atoms with E-state index in [-0.39, 0.29) is 29.6 Å². The second-order valence-electron chi connectivity index (χ2n) is 7.42. The number of nitrogens with one attached hydrogen (secondary N) is 2. The summed E-state index contributed by atoms with van der Waals surface area (Å²) < 4.78 is 32.7. The standard InChI is InChI=1S/C25H26N2O5S/c1-19(28)22-11-13-24(14-12-22)33(30,31)27-16-15-25(29)26-17-20-7-9-21(10-8-20)18-32-23-5-3-2-4-6-23/h2-14,27H,15-18H2,1H3,(H,26,29). The normalized spacial score (nSPS) is 11.1. The van der Waals surface area contributed by atoms with Gasteiger partial charge in [0, 0.05) is 25.1 Å². The van der Waals surface area contributed by atoms with E-state index >= 15 is 0 Å².